The van der Waals surface area contributed by atoms with E-state index in [4.69, 9.17) is 10.5 Å². The minimum Gasteiger partial charge on any atom is -0.376 e. The number of carbonyl (C=O) groups is 1. The molecule has 21 heavy (non-hydrogen) atoms. The third-order valence-corrected chi connectivity index (χ3v) is 3.94. The van der Waals surface area contributed by atoms with Crippen molar-refractivity contribution < 1.29 is 9.53 Å². The average Bonchev–Trinajstić information content (AvgIpc) is 2.44. The first-order chi connectivity index (χ1) is 10.0. The molecular formula is C17H26N2O2. The molecule has 0 spiro atoms. The summed E-state index contributed by atoms with van der Waals surface area (Å²) < 4.78 is 5.79. The lowest BCUT2D eigenvalue weighted by Crippen LogP contribution is -2.33. The molecule has 4 heteroatoms. The predicted octanol–water partition coefficient (Wildman–Crippen LogP) is 2.32. The molecule has 1 aliphatic carbocycles. The van der Waals surface area contributed by atoms with Crippen LogP contribution in [0.25, 0.3) is 0 Å². The Kier molecular flexibility index (Phi) is 5.76. The van der Waals surface area contributed by atoms with Gasteiger partial charge in [0.05, 0.1) is 12.7 Å². The Labute approximate surface area is 127 Å². The van der Waals surface area contributed by atoms with Crippen LogP contribution in [0.2, 0.25) is 0 Å². The molecule has 0 heterocycles. The molecule has 0 bridgehead atoms. The van der Waals surface area contributed by atoms with Gasteiger partial charge in [0, 0.05) is 18.2 Å². The van der Waals surface area contributed by atoms with Crippen LogP contribution in [0.15, 0.2) is 18.2 Å². The minimum absolute atomic E-state index is 0.0314. The van der Waals surface area contributed by atoms with E-state index >= 15 is 0 Å². The van der Waals surface area contributed by atoms with E-state index in [2.05, 4.69) is 11.4 Å². The number of carbonyl (C=O) groups excluding carboxylic acids is 1. The summed E-state index contributed by atoms with van der Waals surface area (Å²) in [5, 5.41) is 2.91. The van der Waals surface area contributed by atoms with E-state index < -0.39 is 0 Å². The van der Waals surface area contributed by atoms with Gasteiger partial charge < -0.3 is 15.8 Å². The lowest BCUT2D eigenvalue weighted by atomic mass is 9.94. The van der Waals surface area contributed by atoms with Crippen molar-refractivity contribution in [2.24, 2.45) is 5.73 Å². The molecule has 116 valence electrons. The normalized spacial score (nSPS) is 22.0. The molecule has 1 amide bonds. The number of benzene rings is 1. The van der Waals surface area contributed by atoms with Gasteiger partial charge >= 0.3 is 0 Å². The number of nitrogens with two attached hydrogens (primary N) is 1. The lowest BCUT2D eigenvalue weighted by molar-refractivity contribution is 0.0267. The summed E-state index contributed by atoms with van der Waals surface area (Å²) in [7, 11) is 0. The summed E-state index contributed by atoms with van der Waals surface area (Å²) in [6, 6.07) is 6.22. The Bertz CT molecular complexity index is 459. The zero-order chi connectivity index (χ0) is 15.2. The van der Waals surface area contributed by atoms with Gasteiger partial charge in [0.15, 0.2) is 0 Å². The first-order valence-electron chi connectivity index (χ1n) is 7.78. The van der Waals surface area contributed by atoms with E-state index in [0.29, 0.717) is 25.3 Å². The summed E-state index contributed by atoms with van der Waals surface area (Å²) in [5.74, 6) is -0.0314. The van der Waals surface area contributed by atoms with Crippen molar-refractivity contribution in [3.8, 4) is 0 Å². The van der Waals surface area contributed by atoms with E-state index in [-0.39, 0.29) is 5.91 Å². The van der Waals surface area contributed by atoms with Gasteiger partial charge in [0.1, 0.15) is 0 Å². The second-order valence-corrected chi connectivity index (χ2v) is 6.04. The summed E-state index contributed by atoms with van der Waals surface area (Å²) in [5.41, 5.74) is 8.80. The van der Waals surface area contributed by atoms with Crippen LogP contribution in [0.1, 0.15) is 47.2 Å². The second kappa shape index (κ2) is 7.57. The molecule has 0 aromatic heterocycles. The van der Waals surface area contributed by atoms with Crippen LogP contribution in [0.4, 0.5) is 0 Å². The molecule has 2 rings (SSSR count). The molecule has 0 unspecified atom stereocenters. The molecule has 1 saturated carbocycles. The highest BCUT2D eigenvalue weighted by Crippen LogP contribution is 2.19. The van der Waals surface area contributed by atoms with Gasteiger partial charge in [-0.15, -0.1) is 0 Å². The fourth-order valence-corrected chi connectivity index (χ4v) is 2.85. The molecule has 1 aliphatic rings. The van der Waals surface area contributed by atoms with Crippen molar-refractivity contribution in [2.75, 3.05) is 13.2 Å². The number of aryl methyl sites for hydroxylation is 2. The highest BCUT2D eigenvalue weighted by Gasteiger charge is 2.18. The zero-order valence-corrected chi connectivity index (χ0v) is 13.0. The number of rotatable bonds is 5. The summed E-state index contributed by atoms with van der Waals surface area (Å²) >= 11 is 0. The fourth-order valence-electron chi connectivity index (χ4n) is 2.85. The van der Waals surface area contributed by atoms with Crippen molar-refractivity contribution in [1.29, 1.82) is 0 Å². The molecule has 4 nitrogen and oxygen atoms in total. The topological polar surface area (TPSA) is 64.3 Å². The number of amides is 1. The quantitative estimate of drug-likeness (QED) is 0.818. The maximum atomic E-state index is 12.1. The maximum Gasteiger partial charge on any atom is 0.251 e. The first kappa shape index (κ1) is 16.0. The Morgan fingerprint density at radius 2 is 1.81 bits per heavy atom. The number of hydrogen-bond donors (Lipinski definition) is 2. The molecular weight excluding hydrogens is 264 g/mol. The van der Waals surface area contributed by atoms with Gasteiger partial charge in [0.25, 0.3) is 5.91 Å². The molecule has 1 fully saturated rings. The third-order valence-electron chi connectivity index (χ3n) is 3.94. The monoisotopic (exact) mass is 290 g/mol. The van der Waals surface area contributed by atoms with Crippen LogP contribution >= 0.6 is 0 Å². The third kappa shape index (κ3) is 5.14. The smallest absolute Gasteiger partial charge is 0.251 e. The van der Waals surface area contributed by atoms with Gasteiger partial charge in [-0.2, -0.15) is 0 Å². The van der Waals surface area contributed by atoms with E-state index in [0.717, 1.165) is 42.4 Å². The minimum atomic E-state index is -0.0314. The van der Waals surface area contributed by atoms with Crippen molar-refractivity contribution in [1.82, 2.24) is 5.32 Å². The van der Waals surface area contributed by atoms with Gasteiger partial charge in [-0.1, -0.05) is 17.2 Å². The van der Waals surface area contributed by atoms with Crippen molar-refractivity contribution >= 4 is 5.91 Å². The molecule has 0 saturated heterocycles. The van der Waals surface area contributed by atoms with Gasteiger partial charge in [0.2, 0.25) is 0 Å². The second-order valence-electron chi connectivity index (χ2n) is 6.04. The van der Waals surface area contributed by atoms with Gasteiger partial charge in [-0.25, -0.2) is 0 Å². The van der Waals surface area contributed by atoms with Crippen LogP contribution in [0, 0.1) is 13.8 Å². The zero-order valence-electron chi connectivity index (χ0n) is 13.0. The average molecular weight is 290 g/mol. The predicted molar refractivity (Wildman–Crippen MR) is 84.4 cm³/mol. The van der Waals surface area contributed by atoms with E-state index in [1.54, 1.807) is 0 Å². The number of nitrogens with one attached hydrogen (secondary N) is 1. The SMILES string of the molecule is Cc1cc(C)cc(C(=O)NCCOC2CCC(N)CC2)c1. The largest absolute Gasteiger partial charge is 0.376 e. The van der Waals surface area contributed by atoms with Crippen LogP contribution in [0.3, 0.4) is 0 Å². The van der Waals surface area contributed by atoms with Gasteiger partial charge in [-0.3, -0.25) is 4.79 Å². The number of hydrogen-bond acceptors (Lipinski definition) is 3. The Morgan fingerprint density at radius 3 is 2.43 bits per heavy atom. The first-order valence-corrected chi connectivity index (χ1v) is 7.78. The standard InChI is InChI=1S/C17H26N2O2/c1-12-9-13(2)11-14(10-12)17(20)19-7-8-21-16-5-3-15(18)4-6-16/h9-11,15-16H,3-8,18H2,1-2H3,(H,19,20). The molecule has 0 radical (unpaired) electrons. The fraction of sp³-hybridized carbons (Fsp3) is 0.588. The van der Waals surface area contributed by atoms with Crippen LogP contribution in [0.5, 0.6) is 0 Å². The van der Waals surface area contributed by atoms with Crippen LogP contribution in [-0.4, -0.2) is 31.2 Å². The van der Waals surface area contributed by atoms with Crippen LogP contribution < -0.4 is 11.1 Å². The summed E-state index contributed by atoms with van der Waals surface area (Å²) in [6.45, 7) is 5.12. The summed E-state index contributed by atoms with van der Waals surface area (Å²) in [6.07, 6.45) is 4.46. The Hall–Kier alpha value is -1.39. The molecule has 0 aliphatic heterocycles. The Morgan fingerprint density at radius 1 is 1.19 bits per heavy atom. The maximum absolute atomic E-state index is 12.1. The van der Waals surface area contributed by atoms with E-state index in [1.807, 2.05) is 26.0 Å². The molecule has 1 aromatic rings. The number of ether oxygens (including phenoxy) is 1. The molecule has 3 N–H and O–H groups in total. The van der Waals surface area contributed by atoms with Crippen molar-refractivity contribution in [3.05, 3.63) is 34.9 Å². The summed E-state index contributed by atoms with van der Waals surface area (Å²) in [4.78, 5) is 12.1. The lowest BCUT2D eigenvalue weighted by Gasteiger charge is -2.26. The van der Waals surface area contributed by atoms with Crippen molar-refractivity contribution in [3.63, 3.8) is 0 Å². The van der Waals surface area contributed by atoms with Gasteiger partial charge in [-0.05, 0) is 51.7 Å². The van der Waals surface area contributed by atoms with Crippen molar-refractivity contribution in [2.45, 2.75) is 51.7 Å². The highest BCUT2D eigenvalue weighted by atomic mass is 16.5. The molecule has 1 aromatic carbocycles. The Balaban J connectivity index is 1.69. The van der Waals surface area contributed by atoms with Crippen LogP contribution in [-0.2, 0) is 4.74 Å². The highest BCUT2D eigenvalue weighted by molar-refractivity contribution is 5.94. The van der Waals surface area contributed by atoms with E-state index in [9.17, 15) is 4.79 Å². The molecule has 0 atom stereocenters. The van der Waals surface area contributed by atoms with E-state index in [1.165, 1.54) is 0 Å².